The van der Waals surface area contributed by atoms with Gasteiger partial charge in [-0.15, -0.1) is 0 Å². The third kappa shape index (κ3) is 4.03. The first-order chi connectivity index (χ1) is 16.0. The number of ether oxygens (including phenoxy) is 2. The molecule has 3 aliphatic rings. The summed E-state index contributed by atoms with van der Waals surface area (Å²) in [6.07, 6.45) is 4.58. The summed E-state index contributed by atoms with van der Waals surface area (Å²) in [4.78, 5) is 27.4. The topological polar surface area (TPSA) is 104 Å². The third-order valence-electron chi connectivity index (χ3n) is 6.91. The largest absolute Gasteiger partial charge is 0.491 e. The van der Waals surface area contributed by atoms with Crippen LogP contribution in [0.1, 0.15) is 20.8 Å². The molecule has 7 nitrogen and oxygen atoms in total. The molecule has 1 saturated heterocycles. The number of esters is 1. The summed E-state index contributed by atoms with van der Waals surface area (Å²) >= 11 is 0. The van der Waals surface area contributed by atoms with Crippen LogP contribution in [-0.2, 0) is 14.3 Å². The number of carbonyl (C=O) groups excluding carboxylic acids is 2. The first kappa shape index (κ1) is 23.8. The van der Waals surface area contributed by atoms with Gasteiger partial charge in [0.05, 0.1) is 17.3 Å². The minimum Gasteiger partial charge on any atom is -0.491 e. The van der Waals surface area contributed by atoms with Crippen LogP contribution in [-0.4, -0.2) is 53.8 Å². The van der Waals surface area contributed by atoms with Crippen molar-refractivity contribution >= 4 is 23.8 Å². The van der Waals surface area contributed by atoms with Crippen LogP contribution in [0.2, 0.25) is 0 Å². The zero-order chi connectivity index (χ0) is 24.8. The zero-order valence-corrected chi connectivity index (χ0v) is 19.2. The number of benzene rings is 1. The highest BCUT2D eigenvalue weighted by Gasteiger charge is 2.60. The lowest BCUT2D eigenvalue weighted by Gasteiger charge is -2.35. The van der Waals surface area contributed by atoms with E-state index in [1.165, 1.54) is 6.21 Å². The lowest BCUT2D eigenvalue weighted by molar-refractivity contribution is -0.132. The number of nitrogens with zero attached hydrogens (tertiary/aromatic N) is 1. The van der Waals surface area contributed by atoms with Crippen molar-refractivity contribution < 1.29 is 27.8 Å². The molecule has 2 aliphatic carbocycles. The molecule has 0 radical (unpaired) electrons. The van der Waals surface area contributed by atoms with Gasteiger partial charge in [0.1, 0.15) is 17.2 Å². The summed E-state index contributed by atoms with van der Waals surface area (Å²) in [7, 11) is 0. The van der Waals surface area contributed by atoms with Crippen molar-refractivity contribution in [2.45, 2.75) is 32.7 Å². The minimum atomic E-state index is -2.97. The van der Waals surface area contributed by atoms with E-state index in [9.17, 15) is 18.4 Å². The average molecular weight is 472 g/mol. The standard InChI is InChI=1S/C25H27F2N3O4/c1-14-19(20(14)33-13-24(3,26)27)17(11-28)15(2)30-12-25(10-9-18(25)22(30)31)21(29)23(32)34-16-7-5-4-6-8-16/h4-11,15,17-19,28-29H,12-13H2,1-3H3/t15?,17?,18?,19-,25?/m0/s1. The molecule has 180 valence electrons. The fourth-order valence-electron chi connectivity index (χ4n) is 4.84. The Labute approximate surface area is 196 Å². The van der Waals surface area contributed by atoms with Crippen molar-refractivity contribution in [2.75, 3.05) is 13.2 Å². The van der Waals surface area contributed by atoms with Gasteiger partial charge in [-0.25, -0.2) is 13.6 Å². The number of alkyl halides is 2. The summed E-state index contributed by atoms with van der Waals surface area (Å²) < 4.78 is 37.0. The molecule has 0 spiro atoms. The number of rotatable bonds is 10. The van der Waals surface area contributed by atoms with Crippen LogP contribution in [0.25, 0.3) is 0 Å². The third-order valence-corrected chi connectivity index (χ3v) is 6.91. The van der Waals surface area contributed by atoms with E-state index in [2.05, 4.69) is 0 Å². The van der Waals surface area contributed by atoms with Crippen LogP contribution in [0.15, 0.2) is 53.8 Å². The fourth-order valence-corrected chi connectivity index (χ4v) is 4.84. The molecule has 0 saturated carbocycles. The molecule has 1 amide bonds. The van der Waals surface area contributed by atoms with Crippen LogP contribution < -0.4 is 4.74 Å². The Bertz CT molecular complexity index is 1100. The Hall–Kier alpha value is -3.36. The van der Waals surface area contributed by atoms with Crippen LogP contribution in [0.4, 0.5) is 8.78 Å². The number of halogens is 2. The van der Waals surface area contributed by atoms with Crippen molar-refractivity contribution in [3.8, 4) is 5.75 Å². The molecule has 1 fully saturated rings. The molecule has 9 heteroatoms. The van der Waals surface area contributed by atoms with E-state index in [0.717, 1.165) is 12.5 Å². The molecule has 4 unspecified atom stereocenters. The second-order valence-corrected chi connectivity index (χ2v) is 9.29. The SMILES string of the molecule is CC1=C(OCC(C)(F)F)[C@@H]1C(C=N)C(C)N1CC2(C(=N)C(=O)Oc3ccccc3)C=CC2C1=O. The van der Waals surface area contributed by atoms with Crippen LogP contribution in [0.5, 0.6) is 5.75 Å². The number of carbonyl (C=O) groups is 2. The molecular weight excluding hydrogens is 444 g/mol. The predicted molar refractivity (Wildman–Crippen MR) is 121 cm³/mol. The van der Waals surface area contributed by atoms with Gasteiger partial charge in [-0.05, 0) is 31.6 Å². The monoisotopic (exact) mass is 471 g/mol. The smallest absolute Gasteiger partial charge is 0.358 e. The van der Waals surface area contributed by atoms with Crippen molar-refractivity contribution in [1.29, 1.82) is 10.8 Å². The van der Waals surface area contributed by atoms with Crippen molar-refractivity contribution in [2.24, 2.45) is 23.2 Å². The summed E-state index contributed by atoms with van der Waals surface area (Å²) in [5.41, 5.74) is -0.598. The van der Waals surface area contributed by atoms with Gasteiger partial charge >= 0.3 is 5.97 Å². The maximum Gasteiger partial charge on any atom is 0.358 e. The number of para-hydroxylation sites is 1. The molecule has 34 heavy (non-hydrogen) atoms. The fraction of sp³-hybridized carbons (Fsp3) is 0.440. The molecule has 0 aromatic heterocycles. The highest BCUT2D eigenvalue weighted by molar-refractivity contribution is 6.39. The molecule has 1 heterocycles. The van der Waals surface area contributed by atoms with Gasteiger partial charge in [0.15, 0.2) is 6.61 Å². The summed E-state index contributed by atoms with van der Waals surface area (Å²) in [5, 5.41) is 16.5. The van der Waals surface area contributed by atoms with E-state index in [1.807, 2.05) is 0 Å². The summed E-state index contributed by atoms with van der Waals surface area (Å²) in [5.74, 6) is -4.72. The molecule has 1 aromatic rings. The van der Waals surface area contributed by atoms with Crippen LogP contribution >= 0.6 is 0 Å². The maximum atomic E-state index is 13.2. The zero-order valence-electron chi connectivity index (χ0n) is 19.2. The molecule has 1 aliphatic heterocycles. The second-order valence-electron chi connectivity index (χ2n) is 9.29. The van der Waals surface area contributed by atoms with E-state index in [0.29, 0.717) is 11.5 Å². The van der Waals surface area contributed by atoms with Crippen LogP contribution in [0, 0.1) is 34.0 Å². The van der Waals surface area contributed by atoms with E-state index in [4.69, 9.17) is 20.3 Å². The Morgan fingerprint density at radius 1 is 1.35 bits per heavy atom. The Morgan fingerprint density at radius 3 is 2.59 bits per heavy atom. The highest BCUT2D eigenvalue weighted by Crippen LogP contribution is 2.51. The minimum absolute atomic E-state index is 0.107. The Balaban J connectivity index is 1.45. The van der Waals surface area contributed by atoms with E-state index in [-0.39, 0.29) is 24.1 Å². The van der Waals surface area contributed by atoms with Gasteiger partial charge in [0.2, 0.25) is 5.91 Å². The number of nitrogens with one attached hydrogen (secondary N) is 2. The van der Waals surface area contributed by atoms with Gasteiger partial charge in [0, 0.05) is 31.6 Å². The maximum absolute atomic E-state index is 13.2. The Kier molecular flexibility index (Phi) is 5.91. The van der Waals surface area contributed by atoms with E-state index < -0.39 is 41.8 Å². The Morgan fingerprint density at radius 2 is 2.03 bits per heavy atom. The van der Waals surface area contributed by atoms with Gasteiger partial charge in [-0.2, -0.15) is 0 Å². The molecule has 5 atom stereocenters. The lowest BCUT2D eigenvalue weighted by atomic mass is 9.66. The van der Waals surface area contributed by atoms with Gasteiger partial charge in [0.25, 0.3) is 5.92 Å². The lowest BCUT2D eigenvalue weighted by Crippen LogP contribution is -2.47. The molecule has 1 aromatic carbocycles. The second kappa shape index (κ2) is 8.45. The van der Waals surface area contributed by atoms with Crippen molar-refractivity contribution in [1.82, 2.24) is 4.90 Å². The van der Waals surface area contributed by atoms with Crippen molar-refractivity contribution in [3.05, 3.63) is 53.8 Å². The quantitative estimate of drug-likeness (QED) is 0.234. The number of amides is 1. The van der Waals surface area contributed by atoms with E-state index in [1.54, 1.807) is 61.2 Å². The highest BCUT2D eigenvalue weighted by atomic mass is 19.3. The van der Waals surface area contributed by atoms with Gasteiger partial charge in [-0.3, -0.25) is 10.2 Å². The average Bonchev–Trinajstić information content (AvgIpc) is 3.34. The molecular formula is C25H27F2N3O4. The first-order valence-electron chi connectivity index (χ1n) is 11.1. The van der Waals surface area contributed by atoms with Crippen molar-refractivity contribution in [3.63, 3.8) is 0 Å². The summed E-state index contributed by atoms with van der Waals surface area (Å²) in [6.45, 7) is 3.70. The number of allylic oxidation sites excluding steroid dienone is 2. The number of hydrogen-bond donors (Lipinski definition) is 2. The number of fused-ring (bicyclic) bond motifs is 1. The first-order valence-corrected chi connectivity index (χ1v) is 11.1. The predicted octanol–water partition coefficient (Wildman–Crippen LogP) is 3.86. The summed E-state index contributed by atoms with van der Waals surface area (Å²) in [6, 6.07) is 7.96. The molecule has 2 N–H and O–H groups in total. The van der Waals surface area contributed by atoms with E-state index >= 15 is 0 Å². The number of likely N-dealkylation sites (tertiary alicyclic amines) is 1. The number of hydrogen-bond acceptors (Lipinski definition) is 6. The van der Waals surface area contributed by atoms with Gasteiger partial charge < -0.3 is 19.8 Å². The van der Waals surface area contributed by atoms with Gasteiger partial charge in [-0.1, -0.05) is 30.4 Å². The molecule has 0 bridgehead atoms. The van der Waals surface area contributed by atoms with Crippen LogP contribution in [0.3, 0.4) is 0 Å². The normalized spacial score (nSPS) is 27.0. The molecule has 4 rings (SSSR count).